The highest BCUT2D eigenvalue weighted by Crippen LogP contribution is 2.28. The van der Waals surface area contributed by atoms with Crippen LogP contribution in [0.4, 0.5) is 4.39 Å². The van der Waals surface area contributed by atoms with Gasteiger partial charge < -0.3 is 0 Å². The van der Waals surface area contributed by atoms with Gasteiger partial charge in [-0.25, -0.2) is 4.39 Å². The van der Waals surface area contributed by atoms with E-state index in [-0.39, 0.29) is 18.2 Å². The van der Waals surface area contributed by atoms with Crippen LogP contribution in [0.5, 0.6) is 0 Å². The van der Waals surface area contributed by atoms with Gasteiger partial charge in [-0.15, -0.1) is 12.4 Å². The van der Waals surface area contributed by atoms with Gasteiger partial charge in [0, 0.05) is 6.54 Å². The molecule has 0 unspecified atom stereocenters. The quantitative estimate of drug-likeness (QED) is 0.426. The molecule has 0 aliphatic carbocycles. The van der Waals surface area contributed by atoms with E-state index in [1.54, 1.807) is 0 Å². The molecule has 30 heavy (non-hydrogen) atoms. The average molecular weight is 422 g/mol. The molecule has 0 amide bonds. The van der Waals surface area contributed by atoms with E-state index >= 15 is 0 Å². The van der Waals surface area contributed by atoms with Crippen LogP contribution in [0.15, 0.2) is 84.9 Å². The first kappa shape index (κ1) is 22.3. The summed E-state index contributed by atoms with van der Waals surface area (Å²) in [6, 6.07) is 26.3. The lowest BCUT2D eigenvalue weighted by molar-refractivity contribution is 0.233. The van der Waals surface area contributed by atoms with Crippen molar-refractivity contribution in [3.05, 3.63) is 113 Å². The van der Waals surface area contributed by atoms with Crippen molar-refractivity contribution < 1.29 is 4.39 Å². The van der Waals surface area contributed by atoms with E-state index in [0.29, 0.717) is 5.92 Å². The molecule has 3 aromatic rings. The monoisotopic (exact) mass is 421 g/mol. The molecular weight excluding hydrogens is 393 g/mol. The van der Waals surface area contributed by atoms with Gasteiger partial charge in [0.05, 0.1) is 0 Å². The van der Waals surface area contributed by atoms with E-state index in [2.05, 4.69) is 71.6 Å². The molecule has 1 aliphatic rings. The summed E-state index contributed by atoms with van der Waals surface area (Å²) >= 11 is 0. The van der Waals surface area contributed by atoms with E-state index < -0.39 is 0 Å². The summed E-state index contributed by atoms with van der Waals surface area (Å²) in [6.45, 7) is 3.33. The van der Waals surface area contributed by atoms with Gasteiger partial charge >= 0.3 is 0 Å². The summed E-state index contributed by atoms with van der Waals surface area (Å²) in [6.07, 6.45) is 7.78. The molecule has 0 N–H and O–H groups in total. The van der Waals surface area contributed by atoms with E-state index in [0.717, 1.165) is 31.6 Å². The van der Waals surface area contributed by atoms with Gasteiger partial charge in [-0.05, 0) is 72.7 Å². The lowest BCUT2D eigenvalue weighted by atomic mass is 9.88. The molecular formula is C27H29ClFN. The van der Waals surface area contributed by atoms with Gasteiger partial charge in [-0.1, -0.05) is 78.9 Å². The maximum atomic E-state index is 13.1. The normalized spacial score (nSPS) is 15.2. The number of nitrogens with zero attached hydrogens (tertiary/aromatic N) is 1. The predicted octanol–water partition coefficient (Wildman–Crippen LogP) is 6.73. The molecule has 0 bridgehead atoms. The van der Waals surface area contributed by atoms with Crippen LogP contribution in [-0.4, -0.2) is 24.5 Å². The maximum Gasteiger partial charge on any atom is 0.123 e. The summed E-state index contributed by atoms with van der Waals surface area (Å²) in [7, 11) is 0. The summed E-state index contributed by atoms with van der Waals surface area (Å²) in [5, 5.41) is 0. The first-order valence-corrected chi connectivity index (χ1v) is 10.5. The molecule has 0 radical (unpaired) electrons. The molecule has 0 atom stereocenters. The Labute approximate surface area is 185 Å². The molecule has 4 rings (SSSR count). The Hall–Kier alpha value is -2.42. The fourth-order valence-electron chi connectivity index (χ4n) is 4.10. The van der Waals surface area contributed by atoms with E-state index in [9.17, 15) is 4.39 Å². The number of halogens is 2. The SMILES string of the molecule is Cl.Fc1ccc(Cc2ccc(C3CCN(C/C=C/c4ccccc4)CC3)cc2)cc1. The van der Waals surface area contributed by atoms with Crippen LogP contribution >= 0.6 is 12.4 Å². The molecule has 156 valence electrons. The van der Waals surface area contributed by atoms with Gasteiger partial charge in [0.1, 0.15) is 5.82 Å². The van der Waals surface area contributed by atoms with Crippen molar-refractivity contribution in [1.29, 1.82) is 0 Å². The van der Waals surface area contributed by atoms with Gasteiger partial charge in [0.15, 0.2) is 0 Å². The minimum absolute atomic E-state index is 0. The van der Waals surface area contributed by atoms with E-state index in [1.165, 1.54) is 41.7 Å². The van der Waals surface area contributed by atoms with Crippen LogP contribution in [0.3, 0.4) is 0 Å². The molecule has 1 heterocycles. The zero-order valence-corrected chi connectivity index (χ0v) is 18.0. The van der Waals surface area contributed by atoms with Gasteiger partial charge in [0.25, 0.3) is 0 Å². The summed E-state index contributed by atoms with van der Waals surface area (Å²) in [4.78, 5) is 2.54. The Bertz CT molecular complexity index is 911. The highest BCUT2D eigenvalue weighted by atomic mass is 35.5. The van der Waals surface area contributed by atoms with Crippen molar-refractivity contribution in [1.82, 2.24) is 4.90 Å². The number of hydrogen-bond donors (Lipinski definition) is 0. The van der Waals surface area contributed by atoms with Crippen LogP contribution in [0.25, 0.3) is 6.08 Å². The third kappa shape index (κ3) is 6.29. The third-order valence-corrected chi connectivity index (χ3v) is 5.83. The van der Waals surface area contributed by atoms with Crippen LogP contribution in [-0.2, 0) is 6.42 Å². The summed E-state index contributed by atoms with van der Waals surface area (Å²) < 4.78 is 13.1. The molecule has 1 nitrogen and oxygen atoms in total. The molecule has 1 aliphatic heterocycles. The molecule has 1 fully saturated rings. The Morgan fingerprint density at radius 3 is 2.03 bits per heavy atom. The zero-order valence-electron chi connectivity index (χ0n) is 17.2. The van der Waals surface area contributed by atoms with E-state index in [4.69, 9.17) is 0 Å². The Kier molecular flexibility index (Phi) is 8.24. The maximum absolute atomic E-state index is 13.1. The highest BCUT2D eigenvalue weighted by Gasteiger charge is 2.19. The lowest BCUT2D eigenvalue weighted by Gasteiger charge is -2.31. The fraction of sp³-hybridized carbons (Fsp3) is 0.259. The lowest BCUT2D eigenvalue weighted by Crippen LogP contribution is -2.33. The van der Waals surface area contributed by atoms with Crippen LogP contribution in [0.1, 0.15) is 41.0 Å². The Morgan fingerprint density at radius 2 is 1.40 bits per heavy atom. The van der Waals surface area contributed by atoms with Crippen LogP contribution in [0, 0.1) is 5.82 Å². The van der Waals surface area contributed by atoms with Crippen LogP contribution in [0.2, 0.25) is 0 Å². The average Bonchev–Trinajstić information content (AvgIpc) is 2.77. The van der Waals surface area contributed by atoms with Crippen LogP contribution < -0.4 is 0 Å². The first-order valence-electron chi connectivity index (χ1n) is 10.5. The van der Waals surface area contributed by atoms with Crippen molar-refractivity contribution in [2.45, 2.75) is 25.2 Å². The second-order valence-electron chi connectivity index (χ2n) is 7.93. The number of rotatable bonds is 6. The summed E-state index contributed by atoms with van der Waals surface area (Å²) in [5.41, 5.74) is 5.15. The minimum Gasteiger partial charge on any atom is -0.300 e. The molecule has 3 aromatic carbocycles. The second-order valence-corrected chi connectivity index (χ2v) is 7.93. The molecule has 0 aromatic heterocycles. The Morgan fingerprint density at radius 1 is 0.800 bits per heavy atom. The first-order chi connectivity index (χ1) is 14.3. The molecule has 0 saturated carbocycles. The highest BCUT2D eigenvalue weighted by molar-refractivity contribution is 5.85. The van der Waals surface area contributed by atoms with Crippen molar-refractivity contribution in [3.63, 3.8) is 0 Å². The fourth-order valence-corrected chi connectivity index (χ4v) is 4.10. The number of benzene rings is 3. The molecule has 0 spiro atoms. The van der Waals surface area contributed by atoms with Crippen molar-refractivity contribution in [2.75, 3.05) is 19.6 Å². The van der Waals surface area contributed by atoms with Gasteiger partial charge in [-0.2, -0.15) is 0 Å². The Balaban J connectivity index is 0.00000256. The number of piperidine rings is 1. The third-order valence-electron chi connectivity index (χ3n) is 5.83. The molecule has 1 saturated heterocycles. The standard InChI is InChI=1S/C27H28FN.ClH/c28-27-14-10-24(11-15-27)21-23-8-12-25(13-9-23)26-16-19-29(20-17-26)18-4-7-22-5-2-1-3-6-22;/h1-15,26H,16-21H2;1H/b7-4+;. The van der Waals surface area contributed by atoms with Crippen molar-refractivity contribution >= 4 is 18.5 Å². The summed E-state index contributed by atoms with van der Waals surface area (Å²) in [5.74, 6) is 0.482. The minimum atomic E-state index is -0.175. The smallest absolute Gasteiger partial charge is 0.123 e. The zero-order chi connectivity index (χ0) is 19.9. The largest absolute Gasteiger partial charge is 0.300 e. The predicted molar refractivity (Wildman–Crippen MR) is 127 cm³/mol. The van der Waals surface area contributed by atoms with Gasteiger partial charge in [-0.3, -0.25) is 4.90 Å². The second kappa shape index (κ2) is 11.1. The number of likely N-dealkylation sites (tertiary alicyclic amines) is 1. The molecule has 3 heteroatoms. The van der Waals surface area contributed by atoms with E-state index in [1.807, 2.05) is 12.1 Å². The van der Waals surface area contributed by atoms with Crippen molar-refractivity contribution in [3.8, 4) is 0 Å². The van der Waals surface area contributed by atoms with Crippen molar-refractivity contribution in [2.24, 2.45) is 0 Å². The topological polar surface area (TPSA) is 3.24 Å². The van der Waals surface area contributed by atoms with Gasteiger partial charge in [0.2, 0.25) is 0 Å². The number of hydrogen-bond acceptors (Lipinski definition) is 1.